The molecule has 0 saturated carbocycles. The van der Waals surface area contributed by atoms with Gasteiger partial charge in [0, 0.05) is 18.6 Å². The maximum Gasteiger partial charge on any atom is 0.245 e. The van der Waals surface area contributed by atoms with E-state index in [1.54, 1.807) is 16.4 Å². The van der Waals surface area contributed by atoms with E-state index in [4.69, 9.17) is 11.6 Å². The zero-order valence-electron chi connectivity index (χ0n) is 13.0. The molecule has 2 saturated heterocycles. The number of sulfonamides is 1. The van der Waals surface area contributed by atoms with E-state index in [1.807, 2.05) is 6.07 Å². The minimum absolute atomic E-state index is 0.0521. The number of hydrogen-bond acceptors (Lipinski definition) is 3. The molecule has 6 heteroatoms. The van der Waals surface area contributed by atoms with Crippen LogP contribution < -0.4 is 5.32 Å². The van der Waals surface area contributed by atoms with Crippen LogP contribution in [0.3, 0.4) is 0 Å². The lowest BCUT2D eigenvalue weighted by Gasteiger charge is -2.27. The second kappa shape index (κ2) is 6.11. The molecular weight excluding hydrogens is 320 g/mol. The van der Waals surface area contributed by atoms with Gasteiger partial charge in [-0.3, -0.25) is 0 Å². The van der Waals surface area contributed by atoms with E-state index in [1.165, 1.54) is 0 Å². The van der Waals surface area contributed by atoms with E-state index in [0.717, 1.165) is 37.9 Å². The number of rotatable bonds is 3. The summed E-state index contributed by atoms with van der Waals surface area (Å²) in [5.41, 5.74) is 1.00. The van der Waals surface area contributed by atoms with Crippen molar-refractivity contribution in [2.24, 2.45) is 0 Å². The van der Waals surface area contributed by atoms with Gasteiger partial charge < -0.3 is 5.32 Å². The number of benzene rings is 1. The lowest BCUT2D eigenvalue weighted by Crippen LogP contribution is -2.42. The zero-order valence-corrected chi connectivity index (χ0v) is 14.6. The number of nitrogens with zero attached hydrogens (tertiary/aromatic N) is 1. The molecule has 1 aromatic carbocycles. The van der Waals surface area contributed by atoms with Crippen molar-refractivity contribution in [3.63, 3.8) is 0 Å². The molecule has 0 spiro atoms. The molecule has 3 rings (SSSR count). The molecular formula is C16H23ClN2O2S. The van der Waals surface area contributed by atoms with Crippen molar-refractivity contribution in [3.8, 4) is 0 Å². The minimum Gasteiger partial charge on any atom is -0.315 e. The van der Waals surface area contributed by atoms with Crippen molar-refractivity contribution in [1.82, 2.24) is 9.62 Å². The van der Waals surface area contributed by atoms with Gasteiger partial charge in [-0.1, -0.05) is 31.5 Å². The highest BCUT2D eigenvalue weighted by Crippen LogP contribution is 2.36. The Morgan fingerprint density at radius 3 is 2.68 bits per heavy atom. The first kappa shape index (κ1) is 16.2. The fourth-order valence-corrected chi connectivity index (χ4v) is 5.93. The van der Waals surface area contributed by atoms with Gasteiger partial charge in [-0.15, -0.1) is 0 Å². The molecule has 2 fully saturated rings. The van der Waals surface area contributed by atoms with E-state index >= 15 is 0 Å². The summed E-state index contributed by atoms with van der Waals surface area (Å²) in [5, 5.41) is 3.66. The molecule has 0 aromatic heterocycles. The molecule has 122 valence electrons. The molecule has 1 N–H and O–H groups in total. The van der Waals surface area contributed by atoms with Gasteiger partial charge in [0.2, 0.25) is 10.0 Å². The van der Waals surface area contributed by atoms with Crippen LogP contribution in [-0.2, 0) is 10.0 Å². The Bertz CT molecular complexity index is 646. The monoisotopic (exact) mass is 342 g/mol. The van der Waals surface area contributed by atoms with Crippen molar-refractivity contribution < 1.29 is 8.42 Å². The molecule has 2 aliphatic heterocycles. The third kappa shape index (κ3) is 2.80. The van der Waals surface area contributed by atoms with Crippen LogP contribution >= 0.6 is 11.6 Å². The molecule has 2 bridgehead atoms. The highest BCUT2D eigenvalue weighted by Gasteiger charge is 2.43. The largest absolute Gasteiger partial charge is 0.315 e. The average Bonchev–Trinajstić information content (AvgIpc) is 2.72. The van der Waals surface area contributed by atoms with Crippen LogP contribution in [0.25, 0.3) is 0 Å². The molecule has 0 amide bonds. The molecule has 4 nitrogen and oxygen atoms in total. The molecule has 22 heavy (non-hydrogen) atoms. The van der Waals surface area contributed by atoms with Crippen molar-refractivity contribution in [2.45, 2.75) is 56.0 Å². The third-order valence-electron chi connectivity index (χ3n) is 4.76. The molecule has 2 unspecified atom stereocenters. The molecule has 2 heterocycles. The summed E-state index contributed by atoms with van der Waals surface area (Å²) in [5.74, 6) is 0.272. The summed E-state index contributed by atoms with van der Waals surface area (Å²) in [6.07, 6.45) is 2.75. The highest BCUT2D eigenvalue weighted by atomic mass is 35.5. The van der Waals surface area contributed by atoms with E-state index in [2.05, 4.69) is 19.2 Å². The second-order valence-electron chi connectivity index (χ2n) is 6.56. The quantitative estimate of drug-likeness (QED) is 0.918. The van der Waals surface area contributed by atoms with Crippen LogP contribution in [0.4, 0.5) is 0 Å². The normalized spacial score (nSPS) is 26.4. The third-order valence-corrected chi connectivity index (χ3v) is 7.25. The lowest BCUT2D eigenvalue weighted by molar-refractivity contribution is 0.334. The summed E-state index contributed by atoms with van der Waals surface area (Å²) < 4.78 is 28.1. The van der Waals surface area contributed by atoms with Gasteiger partial charge in [-0.25, -0.2) is 8.42 Å². The van der Waals surface area contributed by atoms with Gasteiger partial charge in [-0.2, -0.15) is 4.31 Å². The lowest BCUT2D eigenvalue weighted by atomic mass is 10.0. The SMILES string of the molecule is CC(C)c1ccc(Cl)c(S(=O)(=O)N2C3CCNCC2CC3)c1. The van der Waals surface area contributed by atoms with Crippen LogP contribution in [-0.4, -0.2) is 37.9 Å². The zero-order chi connectivity index (χ0) is 15.9. The van der Waals surface area contributed by atoms with Crippen molar-refractivity contribution in [1.29, 1.82) is 0 Å². The van der Waals surface area contributed by atoms with Gasteiger partial charge in [-0.05, 0) is 49.4 Å². The molecule has 0 radical (unpaired) electrons. The van der Waals surface area contributed by atoms with E-state index in [-0.39, 0.29) is 22.9 Å². The molecule has 1 aromatic rings. The Hall–Kier alpha value is -0.620. The van der Waals surface area contributed by atoms with Crippen LogP contribution in [0.15, 0.2) is 23.1 Å². The first-order chi connectivity index (χ1) is 10.4. The van der Waals surface area contributed by atoms with Gasteiger partial charge in [0.15, 0.2) is 0 Å². The van der Waals surface area contributed by atoms with Crippen molar-refractivity contribution in [3.05, 3.63) is 28.8 Å². The number of fused-ring (bicyclic) bond motifs is 2. The predicted octanol–water partition coefficient (Wildman–Crippen LogP) is 2.98. The highest BCUT2D eigenvalue weighted by molar-refractivity contribution is 7.89. The summed E-state index contributed by atoms with van der Waals surface area (Å²) in [6.45, 7) is 5.72. The fraction of sp³-hybridized carbons (Fsp3) is 0.625. The summed E-state index contributed by atoms with van der Waals surface area (Å²) in [7, 11) is -3.55. The Balaban J connectivity index is 2.04. The van der Waals surface area contributed by atoms with Crippen LogP contribution in [0.2, 0.25) is 5.02 Å². The first-order valence-corrected chi connectivity index (χ1v) is 9.76. The van der Waals surface area contributed by atoms with Gasteiger partial charge in [0.05, 0.1) is 5.02 Å². The second-order valence-corrected chi connectivity index (χ2v) is 8.78. The maximum absolute atomic E-state index is 13.2. The Labute approximate surface area is 137 Å². The Morgan fingerprint density at radius 1 is 1.23 bits per heavy atom. The van der Waals surface area contributed by atoms with Crippen molar-refractivity contribution >= 4 is 21.6 Å². The fourth-order valence-electron chi connectivity index (χ4n) is 3.52. The van der Waals surface area contributed by atoms with Gasteiger partial charge in [0.25, 0.3) is 0 Å². The van der Waals surface area contributed by atoms with E-state index in [0.29, 0.717) is 5.02 Å². The van der Waals surface area contributed by atoms with E-state index in [9.17, 15) is 8.42 Å². The van der Waals surface area contributed by atoms with E-state index < -0.39 is 10.0 Å². The molecule has 2 aliphatic rings. The summed E-state index contributed by atoms with van der Waals surface area (Å²) >= 11 is 6.24. The summed E-state index contributed by atoms with van der Waals surface area (Å²) in [6, 6.07) is 5.52. The van der Waals surface area contributed by atoms with Gasteiger partial charge in [0.1, 0.15) is 4.90 Å². The van der Waals surface area contributed by atoms with Crippen LogP contribution in [0, 0.1) is 0 Å². The molecule has 0 aliphatic carbocycles. The Morgan fingerprint density at radius 2 is 1.95 bits per heavy atom. The smallest absolute Gasteiger partial charge is 0.245 e. The predicted molar refractivity (Wildman–Crippen MR) is 88.9 cm³/mol. The topological polar surface area (TPSA) is 49.4 Å². The number of halogens is 1. The number of nitrogens with one attached hydrogen (secondary N) is 1. The van der Waals surface area contributed by atoms with Gasteiger partial charge >= 0.3 is 0 Å². The standard InChI is InChI=1S/C16H23ClN2O2S/c1-11(2)12-3-6-15(17)16(9-12)22(20,21)19-13-4-5-14(19)10-18-8-7-13/h3,6,9,11,13-14,18H,4-5,7-8,10H2,1-2H3. The first-order valence-electron chi connectivity index (χ1n) is 7.95. The minimum atomic E-state index is -3.55. The van der Waals surface area contributed by atoms with Crippen molar-refractivity contribution in [2.75, 3.05) is 13.1 Å². The maximum atomic E-state index is 13.2. The number of hydrogen-bond donors (Lipinski definition) is 1. The van der Waals surface area contributed by atoms with Crippen LogP contribution in [0.5, 0.6) is 0 Å². The van der Waals surface area contributed by atoms with Crippen LogP contribution in [0.1, 0.15) is 44.6 Å². The summed E-state index contributed by atoms with van der Waals surface area (Å²) in [4.78, 5) is 0.263. The molecule has 2 atom stereocenters. The Kier molecular flexibility index (Phi) is 4.52. The average molecular weight is 343 g/mol.